The van der Waals surface area contributed by atoms with Crippen molar-refractivity contribution >= 4 is 17.3 Å². The molecule has 0 bridgehead atoms. The lowest BCUT2D eigenvalue weighted by molar-refractivity contribution is -0.150. The molecule has 1 atom stereocenters. The van der Waals surface area contributed by atoms with E-state index in [1.807, 2.05) is 36.4 Å². The molecular formula is C22H23FO3. The number of carboxylic acid groups (broad SMARTS) is 1. The summed E-state index contributed by atoms with van der Waals surface area (Å²) in [7, 11) is 0. The normalized spacial score (nSPS) is 28.3. The van der Waals surface area contributed by atoms with Gasteiger partial charge in [0.1, 0.15) is 11.6 Å². The summed E-state index contributed by atoms with van der Waals surface area (Å²) < 4.78 is 15.3. The Labute approximate surface area is 152 Å². The molecule has 3 aliphatic carbocycles. The SMILES string of the molecule is O=C1CCC(C2(C3(C(=O)O)CC3)C=CC(c3ccccc3)=C(F)C2)CC1. The molecule has 26 heavy (non-hydrogen) atoms. The topological polar surface area (TPSA) is 54.4 Å². The first-order chi connectivity index (χ1) is 12.5. The van der Waals surface area contributed by atoms with Crippen molar-refractivity contribution in [2.24, 2.45) is 16.7 Å². The van der Waals surface area contributed by atoms with Gasteiger partial charge in [0.25, 0.3) is 0 Å². The maximum atomic E-state index is 15.3. The quantitative estimate of drug-likeness (QED) is 0.833. The van der Waals surface area contributed by atoms with E-state index >= 15 is 4.39 Å². The van der Waals surface area contributed by atoms with Crippen LogP contribution < -0.4 is 0 Å². The molecule has 1 N–H and O–H groups in total. The molecule has 3 nitrogen and oxygen atoms in total. The fraction of sp³-hybridized carbons (Fsp3) is 0.455. The van der Waals surface area contributed by atoms with Gasteiger partial charge in [0.05, 0.1) is 5.41 Å². The Bertz CT molecular complexity index is 794. The molecule has 136 valence electrons. The standard InChI is InChI=1S/C22H23FO3/c23-19-14-22(21(12-13-21)20(25)26,16-6-8-17(24)9-7-16)11-10-18(19)15-4-2-1-3-5-15/h1-5,10-11,16H,6-9,12-14H2,(H,25,26). The average Bonchev–Trinajstić information content (AvgIpc) is 3.45. The minimum atomic E-state index is -0.881. The van der Waals surface area contributed by atoms with Crippen molar-refractivity contribution in [2.75, 3.05) is 0 Å². The smallest absolute Gasteiger partial charge is 0.310 e. The van der Waals surface area contributed by atoms with Crippen LogP contribution >= 0.6 is 0 Å². The van der Waals surface area contributed by atoms with E-state index in [-0.39, 0.29) is 23.9 Å². The molecule has 4 rings (SSSR count). The number of carbonyl (C=O) groups excluding carboxylic acids is 1. The lowest BCUT2D eigenvalue weighted by Gasteiger charge is -2.46. The highest BCUT2D eigenvalue weighted by Crippen LogP contribution is 2.68. The van der Waals surface area contributed by atoms with Crippen molar-refractivity contribution in [2.45, 2.75) is 44.9 Å². The number of ketones is 1. The minimum absolute atomic E-state index is 0.0399. The summed E-state index contributed by atoms with van der Waals surface area (Å²) in [6, 6.07) is 9.38. The monoisotopic (exact) mass is 354 g/mol. The fourth-order valence-electron chi connectivity index (χ4n) is 5.06. The predicted molar refractivity (Wildman–Crippen MR) is 96.9 cm³/mol. The number of Topliss-reactive ketones (excluding diaryl/α,β-unsaturated/α-hetero) is 1. The molecule has 1 aromatic carbocycles. The van der Waals surface area contributed by atoms with Crippen molar-refractivity contribution < 1.29 is 19.1 Å². The Balaban J connectivity index is 1.73. The predicted octanol–water partition coefficient (Wildman–Crippen LogP) is 4.94. The summed E-state index contributed by atoms with van der Waals surface area (Å²) in [5, 5.41) is 9.93. The van der Waals surface area contributed by atoms with Crippen LogP contribution in [0.4, 0.5) is 4.39 Å². The molecule has 4 heteroatoms. The number of hydrogen-bond acceptors (Lipinski definition) is 2. The molecule has 0 aliphatic heterocycles. The van der Waals surface area contributed by atoms with Crippen LogP contribution in [0.1, 0.15) is 50.5 Å². The molecule has 3 aliphatic rings. The van der Waals surface area contributed by atoms with E-state index in [9.17, 15) is 14.7 Å². The first kappa shape index (κ1) is 17.2. The molecule has 2 fully saturated rings. The molecular weight excluding hydrogens is 331 g/mol. The highest BCUT2D eigenvalue weighted by atomic mass is 19.1. The molecule has 0 spiro atoms. The number of hydrogen-bond donors (Lipinski definition) is 1. The van der Waals surface area contributed by atoms with Gasteiger partial charge in [-0.25, -0.2) is 4.39 Å². The second-order valence-electron chi connectivity index (χ2n) is 7.94. The first-order valence-electron chi connectivity index (χ1n) is 9.37. The number of carboxylic acids is 1. The van der Waals surface area contributed by atoms with E-state index in [0.29, 0.717) is 44.1 Å². The Hall–Kier alpha value is -2.23. The van der Waals surface area contributed by atoms with Crippen molar-refractivity contribution in [3.63, 3.8) is 0 Å². The van der Waals surface area contributed by atoms with Gasteiger partial charge >= 0.3 is 5.97 Å². The van der Waals surface area contributed by atoms with E-state index in [0.717, 1.165) is 5.56 Å². The highest BCUT2D eigenvalue weighted by Gasteiger charge is 2.66. The van der Waals surface area contributed by atoms with Crippen LogP contribution in [0.2, 0.25) is 0 Å². The van der Waals surface area contributed by atoms with E-state index in [1.165, 1.54) is 0 Å². The average molecular weight is 354 g/mol. The molecule has 0 saturated heterocycles. The fourth-order valence-corrected chi connectivity index (χ4v) is 5.06. The van der Waals surface area contributed by atoms with Gasteiger partial charge in [-0.2, -0.15) is 0 Å². The van der Waals surface area contributed by atoms with Gasteiger partial charge in [0, 0.05) is 30.3 Å². The second-order valence-corrected chi connectivity index (χ2v) is 7.94. The van der Waals surface area contributed by atoms with Gasteiger partial charge in [-0.3, -0.25) is 9.59 Å². The van der Waals surface area contributed by atoms with Gasteiger partial charge in [0.15, 0.2) is 0 Å². The number of halogens is 1. The minimum Gasteiger partial charge on any atom is -0.481 e. The molecule has 1 unspecified atom stereocenters. The zero-order chi connectivity index (χ0) is 18.4. The van der Waals surface area contributed by atoms with E-state index in [1.54, 1.807) is 6.08 Å². The number of benzene rings is 1. The summed E-state index contributed by atoms with van der Waals surface area (Å²) in [4.78, 5) is 23.8. The van der Waals surface area contributed by atoms with Gasteiger partial charge in [-0.15, -0.1) is 0 Å². The number of rotatable bonds is 4. The van der Waals surface area contributed by atoms with Crippen LogP contribution in [0.15, 0.2) is 48.3 Å². The third-order valence-electron chi connectivity index (χ3n) is 6.69. The van der Waals surface area contributed by atoms with Crippen LogP contribution in [-0.2, 0) is 9.59 Å². The summed E-state index contributed by atoms with van der Waals surface area (Å²) in [6.45, 7) is 0. The summed E-state index contributed by atoms with van der Waals surface area (Å²) in [6.07, 6.45) is 7.33. The Morgan fingerprint density at radius 3 is 2.31 bits per heavy atom. The van der Waals surface area contributed by atoms with Crippen LogP contribution in [0.3, 0.4) is 0 Å². The second kappa shape index (κ2) is 6.19. The maximum absolute atomic E-state index is 15.3. The number of allylic oxidation sites excluding steroid dienone is 4. The summed E-state index contributed by atoms with van der Waals surface area (Å²) in [5.41, 5.74) is -0.237. The van der Waals surface area contributed by atoms with Crippen molar-refractivity contribution in [1.29, 1.82) is 0 Å². The van der Waals surface area contributed by atoms with Crippen LogP contribution in [0.5, 0.6) is 0 Å². The van der Waals surface area contributed by atoms with Gasteiger partial charge in [-0.1, -0.05) is 42.5 Å². The van der Waals surface area contributed by atoms with Crippen molar-refractivity contribution in [1.82, 2.24) is 0 Å². The van der Waals surface area contributed by atoms with Crippen molar-refractivity contribution in [3.05, 3.63) is 53.9 Å². The van der Waals surface area contributed by atoms with Crippen LogP contribution in [-0.4, -0.2) is 16.9 Å². The molecule has 0 radical (unpaired) electrons. The Morgan fingerprint density at radius 2 is 1.77 bits per heavy atom. The maximum Gasteiger partial charge on any atom is 0.310 e. The zero-order valence-corrected chi connectivity index (χ0v) is 14.7. The zero-order valence-electron chi connectivity index (χ0n) is 14.7. The van der Waals surface area contributed by atoms with Crippen LogP contribution in [0.25, 0.3) is 5.57 Å². The van der Waals surface area contributed by atoms with Gasteiger partial charge in [0.2, 0.25) is 0 Å². The number of aliphatic carboxylic acids is 1. The largest absolute Gasteiger partial charge is 0.481 e. The third kappa shape index (κ3) is 2.54. The molecule has 1 aromatic rings. The molecule has 0 aromatic heterocycles. The van der Waals surface area contributed by atoms with Gasteiger partial charge in [-0.05, 0) is 37.2 Å². The Morgan fingerprint density at radius 1 is 1.12 bits per heavy atom. The van der Waals surface area contributed by atoms with E-state index in [2.05, 4.69) is 0 Å². The van der Waals surface area contributed by atoms with E-state index < -0.39 is 16.8 Å². The lowest BCUT2D eigenvalue weighted by atomic mass is 9.56. The Kier molecular flexibility index (Phi) is 4.09. The lowest BCUT2D eigenvalue weighted by Crippen LogP contribution is -2.45. The molecule has 0 amide bonds. The molecule has 0 heterocycles. The number of carbonyl (C=O) groups is 2. The van der Waals surface area contributed by atoms with Gasteiger partial charge < -0.3 is 5.11 Å². The van der Waals surface area contributed by atoms with E-state index in [4.69, 9.17) is 0 Å². The first-order valence-corrected chi connectivity index (χ1v) is 9.37. The summed E-state index contributed by atoms with van der Waals surface area (Å²) >= 11 is 0. The third-order valence-corrected chi connectivity index (χ3v) is 6.69. The summed E-state index contributed by atoms with van der Waals surface area (Å²) in [5.74, 6) is -0.784. The molecule has 2 saturated carbocycles. The van der Waals surface area contributed by atoms with Crippen molar-refractivity contribution in [3.8, 4) is 0 Å². The highest BCUT2D eigenvalue weighted by molar-refractivity contribution is 5.83. The van der Waals surface area contributed by atoms with Crippen LogP contribution in [0, 0.1) is 16.7 Å².